The van der Waals surface area contributed by atoms with Crippen molar-refractivity contribution in [3.8, 4) is 0 Å². The topological polar surface area (TPSA) is 138 Å². The maximum atomic E-state index is 11.4. The molecule has 0 spiro atoms. The summed E-state index contributed by atoms with van der Waals surface area (Å²) in [5, 5.41) is 25.5. The molecule has 0 aliphatic rings. The molecule has 248 valence electrons. The van der Waals surface area contributed by atoms with Gasteiger partial charge in [-0.25, -0.2) is 0 Å². The molecular weight excluding hydrogens is 572 g/mol. The maximum Gasteiger partial charge on any atom is 2.00 e. The zero-order valence-corrected chi connectivity index (χ0v) is 30.2. The first-order valence-electron chi connectivity index (χ1n) is 17.3. The van der Waals surface area contributed by atoms with Crippen LogP contribution in [0, 0.1) is 0 Å². The molecule has 2 amide bonds. The molecule has 0 atom stereocenters. The van der Waals surface area contributed by atoms with Gasteiger partial charge in [-0.1, -0.05) is 142 Å². The molecule has 0 aromatic rings. The predicted octanol–water partition coefficient (Wildman–Crippen LogP) is 5.51. The van der Waals surface area contributed by atoms with Crippen LogP contribution in [0.5, 0.6) is 0 Å². The number of carboxylic acids is 2. The summed E-state index contributed by atoms with van der Waals surface area (Å²) in [4.78, 5) is 43.1. The van der Waals surface area contributed by atoms with Gasteiger partial charge in [0.05, 0.1) is 0 Å². The van der Waals surface area contributed by atoms with Gasteiger partial charge < -0.3 is 30.4 Å². The molecular formula is C34H64CaN2O6. The Bertz CT molecular complexity index is 594. The van der Waals surface area contributed by atoms with Crippen LogP contribution in [0.3, 0.4) is 0 Å². The van der Waals surface area contributed by atoms with Gasteiger partial charge in [0.2, 0.25) is 11.8 Å². The molecule has 0 bridgehead atoms. The van der Waals surface area contributed by atoms with E-state index in [0.29, 0.717) is 12.8 Å². The van der Waals surface area contributed by atoms with Crippen LogP contribution in [0.25, 0.3) is 0 Å². The summed E-state index contributed by atoms with van der Waals surface area (Å²) in [6.45, 7) is 4.84. The van der Waals surface area contributed by atoms with Gasteiger partial charge >= 0.3 is 37.7 Å². The molecule has 2 N–H and O–H groups in total. The molecule has 0 saturated carbocycles. The number of carbonyl (C=O) groups excluding carboxylic acids is 4. The normalized spacial score (nSPS) is 10.3. The van der Waals surface area contributed by atoms with Gasteiger partial charge in [0.15, 0.2) is 0 Å². The number of aliphatic carboxylic acids is 2. The monoisotopic (exact) mass is 636 g/mol. The fourth-order valence-corrected chi connectivity index (χ4v) is 4.68. The Morgan fingerprint density at radius 2 is 0.628 bits per heavy atom. The van der Waals surface area contributed by atoms with Gasteiger partial charge in [0, 0.05) is 50.7 Å². The first-order valence-corrected chi connectivity index (χ1v) is 17.3. The van der Waals surface area contributed by atoms with E-state index in [2.05, 4.69) is 24.5 Å². The molecule has 8 nitrogen and oxygen atoms in total. The molecule has 0 unspecified atom stereocenters. The van der Waals surface area contributed by atoms with Crippen molar-refractivity contribution in [3.05, 3.63) is 0 Å². The predicted molar refractivity (Wildman–Crippen MR) is 173 cm³/mol. The summed E-state index contributed by atoms with van der Waals surface area (Å²) >= 11 is 0. The van der Waals surface area contributed by atoms with E-state index < -0.39 is 11.9 Å². The van der Waals surface area contributed by atoms with Gasteiger partial charge in [-0.2, -0.15) is 0 Å². The van der Waals surface area contributed by atoms with E-state index in [9.17, 15) is 29.4 Å². The number of rotatable bonds is 30. The zero-order valence-electron chi connectivity index (χ0n) is 28.0. The smallest absolute Gasteiger partial charge is 0.550 e. The summed E-state index contributed by atoms with van der Waals surface area (Å²) in [7, 11) is 0. The maximum absolute atomic E-state index is 11.4. The number of hydrogen-bond acceptors (Lipinski definition) is 6. The van der Waals surface area contributed by atoms with Crippen LogP contribution in [0.2, 0.25) is 0 Å². The molecule has 0 rings (SSSR count). The van der Waals surface area contributed by atoms with Crippen molar-refractivity contribution in [2.45, 2.75) is 181 Å². The Hall–Kier alpha value is -0.860. The van der Waals surface area contributed by atoms with Crippen molar-refractivity contribution in [3.63, 3.8) is 0 Å². The molecule has 0 fully saturated rings. The Labute approximate surface area is 293 Å². The molecule has 0 aliphatic heterocycles. The number of amides is 2. The van der Waals surface area contributed by atoms with Crippen molar-refractivity contribution in [1.29, 1.82) is 0 Å². The second kappa shape index (κ2) is 39.2. The number of hydrogen-bond donors (Lipinski definition) is 2. The van der Waals surface area contributed by atoms with E-state index in [4.69, 9.17) is 0 Å². The fourth-order valence-electron chi connectivity index (χ4n) is 4.68. The molecule has 43 heavy (non-hydrogen) atoms. The van der Waals surface area contributed by atoms with E-state index in [1.54, 1.807) is 0 Å². The van der Waals surface area contributed by atoms with E-state index in [-0.39, 0.29) is 75.5 Å². The minimum absolute atomic E-state index is 0. The minimum atomic E-state index is -1.12. The van der Waals surface area contributed by atoms with Crippen LogP contribution in [-0.4, -0.2) is 74.6 Å². The Morgan fingerprint density at radius 3 is 0.860 bits per heavy atom. The third-order valence-electron chi connectivity index (χ3n) is 7.32. The third-order valence-corrected chi connectivity index (χ3v) is 7.32. The van der Waals surface area contributed by atoms with Crippen LogP contribution in [-0.2, 0) is 19.2 Å². The average Bonchev–Trinajstić information content (AvgIpc) is 2.94. The quantitative estimate of drug-likeness (QED) is 0.0788. The third kappa shape index (κ3) is 45.7. The number of nitrogens with one attached hydrogen (secondary N) is 2. The summed E-state index contributed by atoms with van der Waals surface area (Å²) < 4.78 is 0. The molecule has 0 aromatic carbocycles. The molecule has 0 aliphatic carbocycles. The zero-order chi connectivity index (χ0) is 31.5. The Morgan fingerprint density at radius 1 is 0.395 bits per heavy atom. The van der Waals surface area contributed by atoms with E-state index in [0.717, 1.165) is 25.7 Å². The summed E-state index contributed by atoms with van der Waals surface area (Å²) in [6.07, 6.45) is 28.6. The van der Waals surface area contributed by atoms with Gasteiger partial charge in [-0.15, -0.1) is 0 Å². The van der Waals surface area contributed by atoms with Crippen LogP contribution in [0.1, 0.15) is 181 Å². The van der Waals surface area contributed by atoms with E-state index in [1.807, 2.05) is 0 Å². The van der Waals surface area contributed by atoms with E-state index >= 15 is 0 Å². The second-order valence-corrected chi connectivity index (χ2v) is 11.5. The van der Waals surface area contributed by atoms with Crippen LogP contribution in [0.15, 0.2) is 0 Å². The Balaban J connectivity index is -0.000000727. The van der Waals surface area contributed by atoms with Gasteiger partial charge in [0.1, 0.15) is 0 Å². The van der Waals surface area contributed by atoms with Crippen LogP contribution < -0.4 is 20.8 Å². The number of carbonyl (C=O) groups is 4. The number of unbranched alkanes of at least 4 members (excludes halogenated alkanes) is 20. The molecule has 0 aromatic heterocycles. The molecule has 9 heteroatoms. The first kappa shape index (κ1) is 46.6. The minimum Gasteiger partial charge on any atom is -0.550 e. The van der Waals surface area contributed by atoms with Crippen LogP contribution >= 0.6 is 0 Å². The molecule has 0 heterocycles. The second-order valence-electron chi connectivity index (χ2n) is 11.5. The molecule has 0 radical (unpaired) electrons. The van der Waals surface area contributed by atoms with Crippen molar-refractivity contribution < 1.29 is 29.4 Å². The van der Waals surface area contributed by atoms with Crippen molar-refractivity contribution in [1.82, 2.24) is 10.6 Å². The summed E-state index contributed by atoms with van der Waals surface area (Å²) in [5.41, 5.74) is 0. The first-order chi connectivity index (χ1) is 20.3. The van der Waals surface area contributed by atoms with Crippen molar-refractivity contribution >= 4 is 61.5 Å². The average molecular weight is 637 g/mol. The van der Waals surface area contributed by atoms with E-state index in [1.165, 1.54) is 116 Å². The Kier molecular flexibility index (Phi) is 42.4. The summed E-state index contributed by atoms with van der Waals surface area (Å²) in [6, 6.07) is 0. The van der Waals surface area contributed by atoms with Gasteiger partial charge in [-0.05, 0) is 12.8 Å². The van der Waals surface area contributed by atoms with Gasteiger partial charge in [0.25, 0.3) is 0 Å². The molecule has 0 saturated heterocycles. The van der Waals surface area contributed by atoms with Crippen LogP contribution in [0.4, 0.5) is 0 Å². The largest absolute Gasteiger partial charge is 2.00 e. The van der Waals surface area contributed by atoms with Crippen molar-refractivity contribution in [2.75, 3.05) is 13.1 Å². The summed E-state index contributed by atoms with van der Waals surface area (Å²) in [5.74, 6) is -2.34. The number of carboxylic acid groups (broad SMARTS) is 2. The van der Waals surface area contributed by atoms with Crippen molar-refractivity contribution in [2.24, 2.45) is 0 Å². The SMILES string of the molecule is CCCCCCCCCCCCCC(=O)NCCC(=O)[O-].CCCCCCCCCCCCCC(=O)NCCC(=O)[O-].[Ca+2]. The van der Waals surface area contributed by atoms with Gasteiger partial charge in [-0.3, -0.25) is 9.59 Å². The fraction of sp³-hybridized carbons (Fsp3) is 0.882. The standard InChI is InChI=1S/2C17H33NO3.Ca/c2*1-2-3-4-5-6-7-8-9-10-11-12-13-16(19)18-15-14-17(20)21;/h2*2-15H2,1H3,(H,18,19)(H,20,21);/q;;+2/p-2.